The van der Waals surface area contributed by atoms with Gasteiger partial charge in [0.15, 0.2) is 5.79 Å². The van der Waals surface area contributed by atoms with Gasteiger partial charge in [-0.1, -0.05) is 114 Å². The maximum absolute atomic E-state index is 15.1. The van der Waals surface area contributed by atoms with Crippen LogP contribution < -0.4 is 0 Å². The number of esters is 2. The molecule has 4 rings (SSSR count). The van der Waals surface area contributed by atoms with Crippen molar-refractivity contribution in [2.24, 2.45) is 73.4 Å². The second-order valence-corrected chi connectivity index (χ2v) is 31.6. The maximum atomic E-state index is 15.1. The summed E-state index contributed by atoms with van der Waals surface area (Å²) in [5.41, 5.74) is -1.71. The zero-order valence-electron chi connectivity index (χ0n) is 50.8. The van der Waals surface area contributed by atoms with E-state index in [1.54, 1.807) is 19.4 Å². The summed E-state index contributed by atoms with van der Waals surface area (Å²) in [6.45, 7) is 52.5. The predicted octanol–water partition coefficient (Wildman–Crippen LogP) is 17.0. The highest BCUT2D eigenvalue weighted by atomic mass is 32.1. The Morgan fingerprint density at radius 1 is 0.704 bits per heavy atom. The lowest BCUT2D eigenvalue weighted by Gasteiger charge is -2.66. The Morgan fingerprint density at radius 2 is 1.28 bits per heavy atom. The highest BCUT2D eigenvalue weighted by Crippen LogP contribution is 2.75. The topological polar surface area (TPSA) is 91.3 Å². The molecule has 7 nitrogen and oxygen atoms in total. The summed E-state index contributed by atoms with van der Waals surface area (Å²) in [6.07, 6.45) is 18.8. The van der Waals surface area contributed by atoms with Crippen molar-refractivity contribution in [2.45, 2.75) is 296 Å². The second-order valence-electron chi connectivity index (χ2n) is 30.5. The first kappa shape index (κ1) is 62.4. The number of carbonyl (C=O) groups is 2. The van der Waals surface area contributed by atoms with Gasteiger partial charge in [0, 0.05) is 17.6 Å². The Kier molecular flexibility index (Phi) is 18.8. The standard InChI is InChI=1S/C63H114O7S/c1-42(2)26-25-27-44(5)58(19)34-35-59(20)48(58)31-33-61(22)49(59)29-28-46-38-47(30-32-60(46,61)21)68-53(9,10)41-54(11,12)70-50(64)62(23,39-43(3)4)55(13,14)45(6)40-63(24,56(15,16)71)51(65)69-52(7,8)36-37-67-57(17,18)66/h28,42-45,47-49,66,71H,25-27,29-41H2,1-24H3. The summed E-state index contributed by atoms with van der Waals surface area (Å²) >= 11 is 5.04. The Labute approximate surface area is 443 Å². The van der Waals surface area contributed by atoms with E-state index in [1.807, 2.05) is 48.5 Å². The summed E-state index contributed by atoms with van der Waals surface area (Å²) in [7, 11) is 0. The summed E-state index contributed by atoms with van der Waals surface area (Å²) in [4.78, 5) is 29.4. The molecule has 1 N–H and O–H groups in total. The minimum absolute atomic E-state index is 0.111. The fraction of sp³-hybridized carbons (Fsp3) is 0.937. The Morgan fingerprint density at radius 3 is 1.83 bits per heavy atom. The van der Waals surface area contributed by atoms with Crippen LogP contribution in [0.1, 0.15) is 262 Å². The molecule has 0 aromatic heterocycles. The van der Waals surface area contributed by atoms with E-state index >= 15 is 4.79 Å². The van der Waals surface area contributed by atoms with Crippen molar-refractivity contribution in [3.63, 3.8) is 0 Å². The third-order valence-corrected chi connectivity index (χ3v) is 22.0. The highest BCUT2D eigenvalue weighted by molar-refractivity contribution is 7.81. The first-order chi connectivity index (χ1) is 31.9. The molecule has 3 saturated carbocycles. The number of allylic oxidation sites excluding steroid dienone is 1. The molecular weight excluding hydrogens is 901 g/mol. The van der Waals surface area contributed by atoms with Crippen LogP contribution in [-0.2, 0) is 28.5 Å². The summed E-state index contributed by atoms with van der Waals surface area (Å²) in [6, 6.07) is 0. The molecule has 0 aliphatic heterocycles. The SMILES string of the molecule is CC(C)CCCC(C)C1(C)CCC2(C)C1CCC1(C)C2CC=C2CC(OC(C)(C)CC(C)(C)OC(=O)C(C)(CC(C)C)C(C)(C)C(C)CC(C)(C(=O)OC(C)(C)CCOC(C)(C)O)C(C)(C)S)CCC21C. The number of ether oxygens (including phenoxy) is 4. The van der Waals surface area contributed by atoms with E-state index in [4.69, 9.17) is 31.6 Å². The van der Waals surface area contributed by atoms with Crippen molar-refractivity contribution in [1.82, 2.24) is 0 Å². The average molecular weight is 1020 g/mol. The molecule has 0 saturated heterocycles. The van der Waals surface area contributed by atoms with Crippen LogP contribution in [0.25, 0.3) is 0 Å². The molecule has 4 aliphatic carbocycles. The third kappa shape index (κ3) is 13.2. The van der Waals surface area contributed by atoms with Crippen molar-refractivity contribution < 1.29 is 33.6 Å². The van der Waals surface area contributed by atoms with Crippen molar-refractivity contribution in [2.75, 3.05) is 6.61 Å². The van der Waals surface area contributed by atoms with Crippen molar-refractivity contribution >= 4 is 24.6 Å². The molecular formula is C63H114O7S. The number of fused-ring (bicyclic) bond motifs is 5. The summed E-state index contributed by atoms with van der Waals surface area (Å²) in [5.74, 6) is 1.39. The van der Waals surface area contributed by atoms with Crippen molar-refractivity contribution in [3.8, 4) is 0 Å². The first-order valence-electron chi connectivity index (χ1n) is 28.8. The Balaban J connectivity index is 1.48. The van der Waals surface area contributed by atoms with Gasteiger partial charge < -0.3 is 24.1 Å². The predicted molar refractivity (Wildman–Crippen MR) is 299 cm³/mol. The molecule has 71 heavy (non-hydrogen) atoms. The van der Waals surface area contributed by atoms with Crippen LogP contribution in [0.3, 0.4) is 0 Å². The van der Waals surface area contributed by atoms with Gasteiger partial charge in [-0.15, -0.1) is 0 Å². The number of aliphatic hydroxyl groups is 1. The molecule has 414 valence electrons. The van der Waals surface area contributed by atoms with Crippen LogP contribution in [0, 0.1) is 73.4 Å². The van der Waals surface area contributed by atoms with E-state index in [0.29, 0.717) is 36.5 Å². The number of hydrogen-bond donors (Lipinski definition) is 2. The number of rotatable bonds is 24. The van der Waals surface area contributed by atoms with E-state index < -0.39 is 43.6 Å². The monoisotopic (exact) mass is 1010 g/mol. The van der Waals surface area contributed by atoms with E-state index in [9.17, 15) is 9.90 Å². The summed E-state index contributed by atoms with van der Waals surface area (Å²) < 4.78 is 25.0. The largest absolute Gasteiger partial charge is 0.459 e. The van der Waals surface area contributed by atoms with Crippen molar-refractivity contribution in [3.05, 3.63) is 11.6 Å². The van der Waals surface area contributed by atoms with Crippen LogP contribution in [0.2, 0.25) is 0 Å². The van der Waals surface area contributed by atoms with Gasteiger partial charge >= 0.3 is 11.9 Å². The van der Waals surface area contributed by atoms with E-state index in [0.717, 1.165) is 42.9 Å². The molecule has 11 unspecified atom stereocenters. The summed E-state index contributed by atoms with van der Waals surface area (Å²) in [5, 5.41) is 10.1. The van der Waals surface area contributed by atoms with Gasteiger partial charge in [-0.25, -0.2) is 0 Å². The number of hydrogen-bond acceptors (Lipinski definition) is 8. The molecule has 3 fully saturated rings. The normalized spacial score (nSPS) is 31.4. The molecule has 11 atom stereocenters. The first-order valence-corrected chi connectivity index (χ1v) is 29.2. The lowest BCUT2D eigenvalue weighted by molar-refractivity contribution is -0.192. The average Bonchev–Trinajstić information content (AvgIpc) is 3.46. The van der Waals surface area contributed by atoms with Gasteiger partial charge in [-0.3, -0.25) is 9.59 Å². The third-order valence-electron chi connectivity index (χ3n) is 21.5. The molecule has 0 aromatic carbocycles. The van der Waals surface area contributed by atoms with Crippen molar-refractivity contribution in [1.29, 1.82) is 0 Å². The second kappa shape index (κ2) is 21.4. The van der Waals surface area contributed by atoms with Gasteiger partial charge in [0.25, 0.3) is 0 Å². The van der Waals surface area contributed by atoms with E-state index in [1.165, 1.54) is 51.4 Å². The Hall–Kier alpha value is -1.09. The molecule has 0 heterocycles. The molecule has 0 spiro atoms. The lowest BCUT2D eigenvalue weighted by Crippen LogP contribution is -2.59. The molecule has 0 aromatic rings. The van der Waals surface area contributed by atoms with Crippen LogP contribution >= 0.6 is 12.6 Å². The van der Waals surface area contributed by atoms with E-state index in [-0.39, 0.29) is 47.3 Å². The molecule has 8 heteroatoms. The van der Waals surface area contributed by atoms with Gasteiger partial charge in [-0.2, -0.15) is 12.6 Å². The van der Waals surface area contributed by atoms with Gasteiger partial charge in [0.05, 0.1) is 29.1 Å². The number of carbonyl (C=O) groups excluding carboxylic acids is 2. The zero-order valence-corrected chi connectivity index (χ0v) is 51.7. The van der Waals surface area contributed by atoms with Crippen LogP contribution in [-0.4, -0.2) is 57.1 Å². The lowest BCUT2D eigenvalue weighted by atomic mass is 9.39. The fourth-order valence-corrected chi connectivity index (χ4v) is 16.0. The fourth-order valence-electron chi connectivity index (χ4n) is 15.8. The Bertz CT molecular complexity index is 1860. The zero-order chi connectivity index (χ0) is 54.6. The van der Waals surface area contributed by atoms with Crippen LogP contribution in [0.15, 0.2) is 11.6 Å². The molecule has 0 amide bonds. The minimum Gasteiger partial charge on any atom is -0.459 e. The molecule has 0 bridgehead atoms. The maximum Gasteiger partial charge on any atom is 0.313 e. The van der Waals surface area contributed by atoms with Gasteiger partial charge in [0.1, 0.15) is 11.2 Å². The molecule has 0 radical (unpaired) electrons. The highest BCUT2D eigenvalue weighted by Gasteiger charge is 2.67. The van der Waals surface area contributed by atoms with Crippen LogP contribution in [0.4, 0.5) is 0 Å². The smallest absolute Gasteiger partial charge is 0.313 e. The van der Waals surface area contributed by atoms with Crippen LogP contribution in [0.5, 0.6) is 0 Å². The molecule has 4 aliphatic rings. The quantitative estimate of drug-likeness (QED) is 0.0431. The minimum atomic E-state index is -1.28. The van der Waals surface area contributed by atoms with Gasteiger partial charge in [0.2, 0.25) is 0 Å². The van der Waals surface area contributed by atoms with E-state index in [2.05, 4.69) is 110 Å². The number of thiol groups is 1. The van der Waals surface area contributed by atoms with Gasteiger partial charge in [-0.05, 0) is 210 Å².